The topological polar surface area (TPSA) is 207 Å². The maximum Gasteiger partial charge on any atom is 0.335 e. The Balaban J connectivity index is 2.11. The minimum atomic E-state index is -1.92. The van der Waals surface area contributed by atoms with Crippen molar-refractivity contribution in [1.82, 2.24) is 0 Å². The number of aliphatic carboxylic acids is 1. The lowest BCUT2D eigenvalue weighted by Crippen LogP contribution is -2.64. The van der Waals surface area contributed by atoms with Crippen molar-refractivity contribution in [3.05, 3.63) is 0 Å². The summed E-state index contributed by atoms with van der Waals surface area (Å²) in [4.78, 5) is 11.0. The molecule has 0 radical (unpaired) electrons. The summed E-state index contributed by atoms with van der Waals surface area (Å²) < 4.78 is 14.9. The minimum Gasteiger partial charge on any atom is -0.479 e. The Bertz CT molecular complexity index is 444. The zero-order chi connectivity index (χ0) is 18.2. The molecule has 2 saturated heterocycles. The molecule has 0 aromatic heterocycles. The molecular weight excluding hydrogens is 336 g/mol. The zero-order valence-electron chi connectivity index (χ0n) is 12.2. The van der Waals surface area contributed by atoms with Crippen molar-refractivity contribution in [1.29, 1.82) is 0 Å². The Morgan fingerprint density at radius 1 is 0.792 bits per heavy atom. The predicted octanol–water partition coefficient (Wildman–Crippen LogP) is -5.30. The molecule has 2 fully saturated rings. The summed E-state index contributed by atoms with van der Waals surface area (Å²) in [6, 6.07) is 0. The summed E-state index contributed by atoms with van der Waals surface area (Å²) in [5, 5.41) is 76.1. The van der Waals surface area contributed by atoms with Crippen LogP contribution in [0.4, 0.5) is 0 Å². The van der Waals surface area contributed by atoms with E-state index < -0.39 is 74.0 Å². The number of rotatable bonds is 4. The van der Waals surface area contributed by atoms with Gasteiger partial charge in [-0.15, -0.1) is 0 Å². The van der Waals surface area contributed by atoms with Crippen LogP contribution < -0.4 is 0 Å². The summed E-state index contributed by atoms with van der Waals surface area (Å²) in [6.07, 6.45) is -17.7. The first-order chi connectivity index (χ1) is 11.2. The van der Waals surface area contributed by atoms with Gasteiger partial charge in [-0.3, -0.25) is 0 Å². The molecule has 0 spiro atoms. The van der Waals surface area contributed by atoms with E-state index >= 15 is 0 Å². The van der Waals surface area contributed by atoms with Gasteiger partial charge < -0.3 is 55.1 Å². The molecule has 2 aliphatic rings. The van der Waals surface area contributed by atoms with Gasteiger partial charge >= 0.3 is 5.97 Å². The van der Waals surface area contributed by atoms with Crippen LogP contribution in [0.1, 0.15) is 0 Å². The van der Waals surface area contributed by atoms with Crippen LogP contribution in [0.25, 0.3) is 0 Å². The van der Waals surface area contributed by atoms with Gasteiger partial charge in [-0.1, -0.05) is 0 Å². The second kappa shape index (κ2) is 7.53. The fraction of sp³-hybridized carbons (Fsp3) is 0.917. The van der Waals surface area contributed by atoms with E-state index in [1.165, 1.54) is 0 Å². The number of carbonyl (C=O) groups is 1. The lowest BCUT2D eigenvalue weighted by Gasteiger charge is -2.44. The first kappa shape index (κ1) is 19.4. The van der Waals surface area contributed by atoms with Gasteiger partial charge in [-0.25, -0.2) is 4.79 Å². The van der Waals surface area contributed by atoms with Crippen LogP contribution in [-0.4, -0.2) is 115 Å². The molecule has 140 valence electrons. The van der Waals surface area contributed by atoms with E-state index in [0.29, 0.717) is 0 Å². The largest absolute Gasteiger partial charge is 0.479 e. The quantitative estimate of drug-likeness (QED) is 0.238. The normalized spacial score (nSPS) is 49.8. The van der Waals surface area contributed by atoms with E-state index in [2.05, 4.69) is 0 Å². The van der Waals surface area contributed by atoms with Crippen molar-refractivity contribution in [2.75, 3.05) is 6.61 Å². The summed E-state index contributed by atoms with van der Waals surface area (Å²) in [7, 11) is 0. The van der Waals surface area contributed by atoms with Crippen molar-refractivity contribution < 1.29 is 59.9 Å². The number of ether oxygens (including phenoxy) is 3. The molecule has 0 aliphatic carbocycles. The number of hydrogen-bond acceptors (Lipinski definition) is 11. The number of aliphatic hydroxyl groups excluding tert-OH is 7. The number of aliphatic hydroxyl groups is 7. The molecule has 2 aliphatic heterocycles. The maximum atomic E-state index is 11.0. The van der Waals surface area contributed by atoms with E-state index in [1.807, 2.05) is 0 Å². The predicted molar refractivity (Wildman–Crippen MR) is 69.2 cm³/mol. The van der Waals surface area contributed by atoms with E-state index in [0.717, 1.165) is 0 Å². The molecule has 0 aromatic rings. The molecule has 10 atom stereocenters. The summed E-state index contributed by atoms with van der Waals surface area (Å²) in [6.45, 7) is -0.724. The van der Waals surface area contributed by atoms with Crippen LogP contribution in [-0.2, 0) is 19.0 Å². The van der Waals surface area contributed by atoms with Gasteiger partial charge in [0, 0.05) is 0 Å². The van der Waals surface area contributed by atoms with Crippen LogP contribution in [0, 0.1) is 0 Å². The van der Waals surface area contributed by atoms with Crippen molar-refractivity contribution in [2.24, 2.45) is 0 Å². The summed E-state index contributed by atoms with van der Waals surface area (Å²) in [5.41, 5.74) is 0. The highest BCUT2D eigenvalue weighted by atomic mass is 16.8. The van der Waals surface area contributed by atoms with Gasteiger partial charge in [0.15, 0.2) is 18.7 Å². The van der Waals surface area contributed by atoms with Gasteiger partial charge in [0.2, 0.25) is 0 Å². The number of carboxylic acid groups (broad SMARTS) is 1. The fourth-order valence-corrected chi connectivity index (χ4v) is 2.48. The van der Waals surface area contributed by atoms with E-state index in [4.69, 9.17) is 24.4 Å². The Morgan fingerprint density at radius 3 is 1.79 bits per heavy atom. The summed E-state index contributed by atoms with van der Waals surface area (Å²) in [5.74, 6) is -1.63. The molecule has 0 saturated carbocycles. The number of hydrogen-bond donors (Lipinski definition) is 8. The second-order valence-corrected chi connectivity index (χ2v) is 5.57. The summed E-state index contributed by atoms with van der Waals surface area (Å²) >= 11 is 0. The molecular formula is C12H20O12. The molecule has 24 heavy (non-hydrogen) atoms. The highest BCUT2D eigenvalue weighted by Crippen LogP contribution is 2.28. The Morgan fingerprint density at radius 2 is 1.29 bits per heavy atom. The molecule has 1 unspecified atom stereocenters. The zero-order valence-corrected chi connectivity index (χ0v) is 12.2. The van der Waals surface area contributed by atoms with Crippen LogP contribution in [0.2, 0.25) is 0 Å². The fourth-order valence-electron chi connectivity index (χ4n) is 2.48. The minimum absolute atomic E-state index is 0.724. The van der Waals surface area contributed by atoms with Crippen molar-refractivity contribution in [3.8, 4) is 0 Å². The highest BCUT2D eigenvalue weighted by Gasteiger charge is 2.51. The van der Waals surface area contributed by atoms with Gasteiger partial charge in [-0.05, 0) is 0 Å². The maximum absolute atomic E-state index is 11.0. The molecule has 0 amide bonds. The first-order valence-corrected chi connectivity index (χ1v) is 7.07. The Kier molecular flexibility index (Phi) is 6.09. The van der Waals surface area contributed by atoms with E-state index in [1.54, 1.807) is 0 Å². The lowest BCUT2D eigenvalue weighted by molar-refractivity contribution is -0.372. The van der Waals surface area contributed by atoms with E-state index in [-0.39, 0.29) is 0 Å². The van der Waals surface area contributed by atoms with Gasteiger partial charge in [-0.2, -0.15) is 0 Å². The third-order valence-corrected chi connectivity index (χ3v) is 3.93. The van der Waals surface area contributed by atoms with Crippen LogP contribution >= 0.6 is 0 Å². The number of carboxylic acids is 1. The molecule has 2 rings (SSSR count). The second-order valence-electron chi connectivity index (χ2n) is 5.57. The van der Waals surface area contributed by atoms with Gasteiger partial charge in [0.1, 0.15) is 42.7 Å². The third kappa shape index (κ3) is 3.52. The van der Waals surface area contributed by atoms with Crippen LogP contribution in [0.15, 0.2) is 0 Å². The van der Waals surface area contributed by atoms with Crippen LogP contribution in [0.3, 0.4) is 0 Å². The van der Waals surface area contributed by atoms with Crippen molar-refractivity contribution >= 4 is 5.97 Å². The molecule has 0 bridgehead atoms. The standard InChI is InChI=1S/C12H20O12/c13-1-2-3(14)4(15)7(18)11(22-2)24-12-8(19)5(16)6(17)9(23-12)10(20)21/h2-9,11-19H,1H2,(H,20,21)/t2-,3-,4+,5+,6+,7-,8-,9+,11?,12+/m1/s1. The molecule has 2 heterocycles. The molecule has 12 heteroatoms. The van der Waals surface area contributed by atoms with Crippen molar-refractivity contribution in [3.63, 3.8) is 0 Å². The lowest BCUT2D eigenvalue weighted by atomic mass is 9.98. The van der Waals surface area contributed by atoms with Crippen molar-refractivity contribution in [2.45, 2.75) is 61.4 Å². The Labute approximate surface area is 135 Å². The first-order valence-electron chi connectivity index (χ1n) is 7.07. The molecule has 12 nitrogen and oxygen atoms in total. The molecule has 0 aromatic carbocycles. The van der Waals surface area contributed by atoms with E-state index in [9.17, 15) is 35.4 Å². The molecule has 8 N–H and O–H groups in total. The highest BCUT2D eigenvalue weighted by molar-refractivity contribution is 5.73. The average molecular weight is 356 g/mol. The van der Waals surface area contributed by atoms with Gasteiger partial charge in [0.05, 0.1) is 6.61 Å². The smallest absolute Gasteiger partial charge is 0.335 e. The Hall–Kier alpha value is -0.930. The van der Waals surface area contributed by atoms with Gasteiger partial charge in [0.25, 0.3) is 0 Å². The SMILES string of the molecule is O=C(O)[C@H]1O[C@@H](OC2O[C@H](CO)[C@@H](O)[C@H](O)[C@H]2O)[C@H](O)[C@@H](O)[C@@H]1O. The monoisotopic (exact) mass is 356 g/mol. The average Bonchev–Trinajstić information content (AvgIpc) is 2.55. The van der Waals surface area contributed by atoms with Crippen LogP contribution in [0.5, 0.6) is 0 Å². The third-order valence-electron chi connectivity index (χ3n) is 3.93.